The molecule has 0 aliphatic rings. The number of carboxylic acid groups (broad SMARTS) is 1. The van der Waals surface area contributed by atoms with E-state index in [-0.39, 0.29) is 11.8 Å². The van der Waals surface area contributed by atoms with Gasteiger partial charge in [-0.3, -0.25) is 4.79 Å². The lowest BCUT2D eigenvalue weighted by Gasteiger charge is -2.39. The van der Waals surface area contributed by atoms with E-state index in [2.05, 4.69) is 0 Å². The van der Waals surface area contributed by atoms with Crippen molar-refractivity contribution in [3.8, 4) is 0 Å². The number of carbonyl (C=O) groups is 2. The van der Waals surface area contributed by atoms with E-state index in [9.17, 15) is 9.59 Å². The van der Waals surface area contributed by atoms with Gasteiger partial charge in [0.2, 0.25) is 5.91 Å². The molecular weight excluding hydrogens is 182 g/mol. The summed E-state index contributed by atoms with van der Waals surface area (Å²) < 4.78 is 0. The van der Waals surface area contributed by atoms with Crippen LogP contribution in [0, 0.1) is 5.92 Å². The fraction of sp³-hybridized carbons (Fsp3) is 0.800. The van der Waals surface area contributed by atoms with Crippen LogP contribution in [0.1, 0.15) is 34.1 Å². The molecule has 1 amide bonds. The lowest BCUT2D eigenvalue weighted by atomic mass is 9.83. The highest BCUT2D eigenvalue weighted by molar-refractivity contribution is 5.85. The fourth-order valence-electron chi connectivity index (χ4n) is 1.41. The summed E-state index contributed by atoms with van der Waals surface area (Å²) in [4.78, 5) is 23.6. The summed E-state index contributed by atoms with van der Waals surface area (Å²) in [5.41, 5.74) is -1.11. The van der Waals surface area contributed by atoms with Gasteiger partial charge in [0, 0.05) is 14.0 Å². The van der Waals surface area contributed by atoms with Crippen LogP contribution in [0.15, 0.2) is 0 Å². The molecule has 2 unspecified atom stereocenters. The lowest BCUT2D eigenvalue weighted by Crippen LogP contribution is -2.56. The molecule has 0 aliphatic heterocycles. The summed E-state index contributed by atoms with van der Waals surface area (Å²) in [7, 11) is 1.53. The Balaban J connectivity index is 5.09. The van der Waals surface area contributed by atoms with Crippen molar-refractivity contribution >= 4 is 11.9 Å². The van der Waals surface area contributed by atoms with Gasteiger partial charge in [-0.05, 0) is 12.8 Å². The number of likely N-dealkylation sites (N-methyl/N-ethyl adjacent to an activating group) is 1. The number of amides is 1. The zero-order valence-corrected chi connectivity index (χ0v) is 9.50. The average molecular weight is 201 g/mol. The Kier molecular flexibility index (Phi) is 4.10. The molecule has 0 aromatic rings. The summed E-state index contributed by atoms with van der Waals surface area (Å²) in [5, 5.41) is 9.16. The Morgan fingerprint density at radius 3 is 2.14 bits per heavy atom. The van der Waals surface area contributed by atoms with Gasteiger partial charge < -0.3 is 10.0 Å². The van der Waals surface area contributed by atoms with Gasteiger partial charge in [-0.2, -0.15) is 0 Å². The van der Waals surface area contributed by atoms with Gasteiger partial charge in [0.15, 0.2) is 0 Å². The third kappa shape index (κ3) is 2.05. The van der Waals surface area contributed by atoms with Gasteiger partial charge >= 0.3 is 5.97 Å². The molecule has 0 aromatic heterocycles. The van der Waals surface area contributed by atoms with Crippen molar-refractivity contribution in [1.29, 1.82) is 0 Å². The molecule has 0 saturated heterocycles. The largest absolute Gasteiger partial charge is 0.479 e. The minimum Gasteiger partial charge on any atom is -0.479 e. The molecule has 82 valence electrons. The fourth-order valence-corrected chi connectivity index (χ4v) is 1.41. The quantitative estimate of drug-likeness (QED) is 0.747. The predicted molar refractivity (Wildman–Crippen MR) is 53.9 cm³/mol. The highest BCUT2D eigenvalue weighted by Crippen LogP contribution is 2.26. The van der Waals surface area contributed by atoms with Crippen LogP contribution in [0.2, 0.25) is 0 Å². The molecule has 0 aromatic carbocycles. The summed E-state index contributed by atoms with van der Waals surface area (Å²) >= 11 is 0. The Morgan fingerprint density at radius 2 is 1.93 bits per heavy atom. The van der Waals surface area contributed by atoms with Crippen LogP contribution in [0.3, 0.4) is 0 Å². The molecular formula is C10H19NO3. The van der Waals surface area contributed by atoms with E-state index in [1.807, 2.05) is 13.8 Å². The second-order valence-corrected chi connectivity index (χ2v) is 3.84. The van der Waals surface area contributed by atoms with E-state index >= 15 is 0 Å². The number of carboxylic acids is 1. The molecule has 0 spiro atoms. The number of hydrogen-bond acceptors (Lipinski definition) is 2. The molecule has 4 heteroatoms. The van der Waals surface area contributed by atoms with Crippen LogP contribution < -0.4 is 0 Å². The number of rotatable bonds is 4. The van der Waals surface area contributed by atoms with Gasteiger partial charge in [-0.1, -0.05) is 20.3 Å². The van der Waals surface area contributed by atoms with Gasteiger partial charge in [-0.15, -0.1) is 0 Å². The van der Waals surface area contributed by atoms with Crippen molar-refractivity contribution in [2.24, 2.45) is 5.92 Å². The zero-order chi connectivity index (χ0) is 11.5. The third-order valence-electron chi connectivity index (χ3n) is 3.17. The maximum Gasteiger partial charge on any atom is 0.329 e. The first kappa shape index (κ1) is 12.9. The molecule has 0 rings (SSSR count). The summed E-state index contributed by atoms with van der Waals surface area (Å²) in [6, 6.07) is 0. The molecule has 0 heterocycles. The minimum absolute atomic E-state index is 0.0751. The predicted octanol–water partition coefficient (Wildman–Crippen LogP) is 1.35. The third-order valence-corrected chi connectivity index (χ3v) is 3.17. The van der Waals surface area contributed by atoms with E-state index in [4.69, 9.17) is 5.11 Å². The van der Waals surface area contributed by atoms with E-state index in [0.717, 1.165) is 6.42 Å². The Labute approximate surface area is 84.9 Å². The van der Waals surface area contributed by atoms with E-state index in [0.29, 0.717) is 0 Å². The van der Waals surface area contributed by atoms with Crippen molar-refractivity contribution < 1.29 is 14.7 Å². The molecule has 4 nitrogen and oxygen atoms in total. The van der Waals surface area contributed by atoms with Crippen molar-refractivity contribution in [2.75, 3.05) is 7.05 Å². The molecule has 0 bridgehead atoms. The van der Waals surface area contributed by atoms with Crippen molar-refractivity contribution in [3.05, 3.63) is 0 Å². The van der Waals surface area contributed by atoms with Crippen molar-refractivity contribution in [3.63, 3.8) is 0 Å². The zero-order valence-electron chi connectivity index (χ0n) is 9.50. The van der Waals surface area contributed by atoms with E-state index < -0.39 is 11.5 Å². The maximum absolute atomic E-state index is 11.2. The number of nitrogens with zero attached hydrogens (tertiary/aromatic N) is 1. The average Bonchev–Trinajstić information content (AvgIpc) is 2.13. The van der Waals surface area contributed by atoms with Gasteiger partial charge in [0.1, 0.15) is 5.54 Å². The van der Waals surface area contributed by atoms with Crippen LogP contribution in [0.4, 0.5) is 0 Å². The van der Waals surface area contributed by atoms with Crippen LogP contribution in [-0.2, 0) is 9.59 Å². The molecule has 0 saturated carbocycles. The van der Waals surface area contributed by atoms with Crippen molar-refractivity contribution in [2.45, 2.75) is 39.7 Å². The highest BCUT2D eigenvalue weighted by atomic mass is 16.4. The SMILES string of the molecule is CCC(C)C(C)(C(=O)O)N(C)C(C)=O. The summed E-state index contributed by atoms with van der Waals surface area (Å²) in [6.45, 7) is 6.72. The lowest BCUT2D eigenvalue weighted by molar-refractivity contribution is -0.159. The van der Waals surface area contributed by atoms with Crippen LogP contribution >= 0.6 is 0 Å². The molecule has 14 heavy (non-hydrogen) atoms. The second kappa shape index (κ2) is 4.44. The first-order valence-corrected chi connectivity index (χ1v) is 4.76. The first-order valence-electron chi connectivity index (χ1n) is 4.76. The number of aliphatic carboxylic acids is 1. The van der Waals surface area contributed by atoms with Gasteiger partial charge in [0.25, 0.3) is 0 Å². The van der Waals surface area contributed by atoms with Crippen LogP contribution in [-0.4, -0.2) is 34.5 Å². The van der Waals surface area contributed by atoms with Crippen LogP contribution in [0.25, 0.3) is 0 Å². The topological polar surface area (TPSA) is 57.6 Å². The number of hydrogen-bond donors (Lipinski definition) is 1. The monoisotopic (exact) mass is 201 g/mol. The van der Waals surface area contributed by atoms with E-state index in [1.54, 1.807) is 6.92 Å². The van der Waals surface area contributed by atoms with Gasteiger partial charge in [0.05, 0.1) is 0 Å². The minimum atomic E-state index is -1.11. The second-order valence-electron chi connectivity index (χ2n) is 3.84. The van der Waals surface area contributed by atoms with Crippen molar-refractivity contribution in [1.82, 2.24) is 4.90 Å². The Bertz CT molecular complexity index is 240. The maximum atomic E-state index is 11.2. The molecule has 1 N–H and O–H groups in total. The normalized spacial score (nSPS) is 16.9. The molecule has 0 radical (unpaired) electrons. The highest BCUT2D eigenvalue weighted by Gasteiger charge is 2.43. The van der Waals surface area contributed by atoms with Gasteiger partial charge in [-0.25, -0.2) is 4.79 Å². The molecule has 0 aliphatic carbocycles. The van der Waals surface area contributed by atoms with E-state index in [1.165, 1.54) is 18.9 Å². The van der Waals surface area contributed by atoms with Crippen LogP contribution in [0.5, 0.6) is 0 Å². The summed E-state index contributed by atoms with van der Waals surface area (Å²) in [6.07, 6.45) is 0.723. The summed E-state index contributed by atoms with van der Waals surface area (Å²) in [5.74, 6) is -1.26. The standard InChI is InChI=1S/C10H19NO3/c1-6-7(2)10(4,9(13)14)11(5)8(3)12/h7H,6H2,1-5H3,(H,13,14). The molecule has 2 atom stereocenters. The first-order chi connectivity index (χ1) is 6.28. The molecule has 0 fully saturated rings. The number of carbonyl (C=O) groups excluding carboxylic acids is 1. The Hall–Kier alpha value is -1.06. The Morgan fingerprint density at radius 1 is 1.50 bits per heavy atom. The smallest absolute Gasteiger partial charge is 0.329 e.